The molecule has 1 aliphatic carbocycles. The summed E-state index contributed by atoms with van der Waals surface area (Å²) in [6, 6.07) is 7.68. The number of unbranched alkanes of at least 4 members (excludes halogenated alkanes) is 3. The summed E-state index contributed by atoms with van der Waals surface area (Å²) in [5.41, 5.74) is 0.869. The second-order valence-corrected chi connectivity index (χ2v) is 7.04. The van der Waals surface area contributed by atoms with Crippen molar-refractivity contribution in [2.75, 3.05) is 0 Å². The fourth-order valence-corrected chi connectivity index (χ4v) is 3.45. The molecule has 0 aliphatic heterocycles. The molecule has 23 heavy (non-hydrogen) atoms. The van der Waals surface area contributed by atoms with Gasteiger partial charge in [0.05, 0.1) is 5.71 Å². The van der Waals surface area contributed by atoms with Crippen LogP contribution in [0.2, 0.25) is 0 Å². The van der Waals surface area contributed by atoms with Gasteiger partial charge in [0.15, 0.2) is 0 Å². The highest BCUT2D eigenvalue weighted by molar-refractivity contribution is 8.03. The lowest BCUT2D eigenvalue weighted by molar-refractivity contribution is 0.106. The summed E-state index contributed by atoms with van der Waals surface area (Å²) < 4.78 is 0. The fourth-order valence-electron chi connectivity index (χ4n) is 2.51. The quantitative estimate of drug-likeness (QED) is 0.334. The van der Waals surface area contributed by atoms with E-state index in [1.807, 2.05) is 24.3 Å². The van der Waals surface area contributed by atoms with Crippen LogP contribution in [0.15, 0.2) is 52.3 Å². The summed E-state index contributed by atoms with van der Waals surface area (Å²) >= 11 is 1.76. The third kappa shape index (κ3) is 5.83. The van der Waals surface area contributed by atoms with Gasteiger partial charge in [-0.1, -0.05) is 56.2 Å². The molecule has 2 nitrogen and oxygen atoms in total. The Morgan fingerprint density at radius 1 is 1.17 bits per heavy atom. The molecule has 0 spiro atoms. The maximum atomic E-state index is 12.3. The van der Waals surface area contributed by atoms with Crippen LogP contribution in [0.3, 0.4) is 0 Å². The van der Waals surface area contributed by atoms with Crippen molar-refractivity contribution in [3.05, 3.63) is 53.0 Å². The second-order valence-electron chi connectivity index (χ2n) is 5.84. The molecular weight excluding hydrogens is 302 g/mol. The zero-order valence-electron chi connectivity index (χ0n) is 13.8. The van der Waals surface area contributed by atoms with E-state index in [-0.39, 0.29) is 11.5 Å². The number of thioether (sulfide) groups is 1. The number of carbonyl (C=O) groups is 1. The van der Waals surface area contributed by atoms with Crippen molar-refractivity contribution in [2.45, 2.75) is 56.8 Å². The maximum absolute atomic E-state index is 12.3. The van der Waals surface area contributed by atoms with Crippen molar-refractivity contribution in [2.24, 2.45) is 0 Å². The number of benzene rings is 1. The van der Waals surface area contributed by atoms with Gasteiger partial charge in [-0.3, -0.25) is 4.79 Å². The molecule has 0 aromatic heterocycles. The van der Waals surface area contributed by atoms with Crippen LogP contribution in [0, 0.1) is 5.41 Å². The van der Waals surface area contributed by atoms with Crippen LogP contribution < -0.4 is 0 Å². The van der Waals surface area contributed by atoms with E-state index in [0.29, 0.717) is 12.0 Å². The molecule has 1 aromatic carbocycles. The van der Waals surface area contributed by atoms with E-state index in [9.17, 15) is 4.79 Å². The molecule has 122 valence electrons. The van der Waals surface area contributed by atoms with E-state index in [4.69, 9.17) is 5.41 Å². The topological polar surface area (TPSA) is 40.9 Å². The van der Waals surface area contributed by atoms with Crippen molar-refractivity contribution < 1.29 is 4.79 Å². The minimum atomic E-state index is -0.127. The van der Waals surface area contributed by atoms with Gasteiger partial charge in [-0.2, -0.15) is 0 Å². The van der Waals surface area contributed by atoms with Gasteiger partial charge in [-0.15, -0.1) is 0 Å². The minimum Gasteiger partial charge on any atom is -0.301 e. The molecule has 0 saturated carbocycles. The Hall–Kier alpha value is -1.61. The molecule has 0 bridgehead atoms. The highest BCUT2D eigenvalue weighted by Crippen LogP contribution is 2.31. The Bertz CT molecular complexity index is 599. The second kappa shape index (κ2) is 9.51. The number of carbonyl (C=O) groups excluding carboxylic acids is 1. The fraction of sp³-hybridized carbons (Fsp3) is 0.400. The van der Waals surface area contributed by atoms with Crippen LogP contribution in [-0.4, -0.2) is 11.5 Å². The Morgan fingerprint density at radius 3 is 2.61 bits per heavy atom. The highest BCUT2D eigenvalue weighted by Gasteiger charge is 2.12. The summed E-state index contributed by atoms with van der Waals surface area (Å²) in [4.78, 5) is 14.8. The third-order valence-corrected chi connectivity index (χ3v) is 5.01. The monoisotopic (exact) mass is 327 g/mol. The van der Waals surface area contributed by atoms with Gasteiger partial charge in [-0.25, -0.2) is 0 Å². The number of ketones is 1. The lowest BCUT2D eigenvalue weighted by Crippen LogP contribution is -2.12. The third-order valence-electron chi connectivity index (χ3n) is 3.90. The largest absolute Gasteiger partial charge is 0.301 e. The first-order chi connectivity index (χ1) is 11.2. The van der Waals surface area contributed by atoms with Crippen molar-refractivity contribution in [3.8, 4) is 0 Å². The minimum absolute atomic E-state index is 0.127. The average molecular weight is 327 g/mol. The Labute approximate surface area is 143 Å². The first-order valence-electron chi connectivity index (χ1n) is 8.46. The predicted molar refractivity (Wildman–Crippen MR) is 99.6 cm³/mol. The standard InChI is InChI=1S/C20H25NOS/c1-2-3-4-8-11-19(21)20(22)16-12-14-18(15-13-16)23-17-9-6-5-7-10-17/h5-6,9,12-15,21H,2-4,7-8,10-11H2,1H3. The summed E-state index contributed by atoms with van der Waals surface area (Å²) in [7, 11) is 0. The van der Waals surface area contributed by atoms with Crippen LogP contribution in [0.25, 0.3) is 0 Å². The van der Waals surface area contributed by atoms with Crippen LogP contribution in [0.5, 0.6) is 0 Å². The summed E-state index contributed by atoms with van der Waals surface area (Å²) in [6.45, 7) is 2.16. The molecule has 1 aliphatic rings. The Morgan fingerprint density at radius 2 is 1.96 bits per heavy atom. The molecule has 2 rings (SSSR count). The maximum Gasteiger partial charge on any atom is 0.206 e. The Balaban J connectivity index is 1.88. The number of Topliss-reactive ketones (excluding diaryl/α,β-unsaturated/α-hetero) is 1. The van der Waals surface area contributed by atoms with Gasteiger partial charge in [0.1, 0.15) is 0 Å². The molecule has 0 unspecified atom stereocenters. The van der Waals surface area contributed by atoms with Crippen LogP contribution in [0.1, 0.15) is 62.2 Å². The zero-order chi connectivity index (χ0) is 16.5. The van der Waals surface area contributed by atoms with Crippen LogP contribution >= 0.6 is 11.8 Å². The SMILES string of the molecule is CCCCCCC(=N)C(=O)c1ccc(SC2=CC=CCC2)cc1. The predicted octanol–water partition coefficient (Wildman–Crippen LogP) is 6.19. The van der Waals surface area contributed by atoms with E-state index in [2.05, 4.69) is 25.2 Å². The van der Waals surface area contributed by atoms with Crippen molar-refractivity contribution in [1.29, 1.82) is 5.41 Å². The number of allylic oxidation sites excluding steroid dienone is 4. The summed E-state index contributed by atoms with van der Waals surface area (Å²) in [5, 5.41) is 7.96. The lowest BCUT2D eigenvalue weighted by Gasteiger charge is -2.09. The molecule has 0 fully saturated rings. The molecule has 0 heterocycles. The van der Waals surface area contributed by atoms with Gasteiger partial charge in [0.25, 0.3) is 0 Å². The first-order valence-corrected chi connectivity index (χ1v) is 9.28. The first kappa shape index (κ1) is 17.7. The van der Waals surface area contributed by atoms with Gasteiger partial charge in [0.2, 0.25) is 5.78 Å². The van der Waals surface area contributed by atoms with E-state index < -0.39 is 0 Å². The van der Waals surface area contributed by atoms with E-state index in [1.165, 1.54) is 17.7 Å². The van der Waals surface area contributed by atoms with Gasteiger partial charge in [-0.05, 0) is 54.9 Å². The lowest BCUT2D eigenvalue weighted by atomic mass is 10.0. The molecule has 1 aromatic rings. The number of hydrogen-bond acceptors (Lipinski definition) is 3. The number of nitrogens with one attached hydrogen (secondary N) is 1. The molecule has 0 radical (unpaired) electrons. The van der Waals surface area contributed by atoms with Crippen LogP contribution in [0.4, 0.5) is 0 Å². The summed E-state index contributed by atoms with van der Waals surface area (Å²) in [5.74, 6) is -0.127. The molecule has 0 atom stereocenters. The van der Waals surface area contributed by atoms with Gasteiger partial charge < -0.3 is 5.41 Å². The van der Waals surface area contributed by atoms with E-state index in [1.54, 1.807) is 11.8 Å². The average Bonchev–Trinajstić information content (AvgIpc) is 2.59. The van der Waals surface area contributed by atoms with E-state index in [0.717, 1.165) is 30.6 Å². The molecule has 3 heteroatoms. The molecule has 1 N–H and O–H groups in total. The van der Waals surface area contributed by atoms with Crippen molar-refractivity contribution in [3.63, 3.8) is 0 Å². The molecule has 0 saturated heterocycles. The van der Waals surface area contributed by atoms with E-state index >= 15 is 0 Å². The normalized spacial score (nSPS) is 13.7. The molecular formula is C20H25NOS. The number of rotatable bonds is 9. The van der Waals surface area contributed by atoms with Crippen molar-refractivity contribution >= 4 is 23.3 Å². The smallest absolute Gasteiger partial charge is 0.206 e. The van der Waals surface area contributed by atoms with Gasteiger partial charge >= 0.3 is 0 Å². The molecule has 0 amide bonds. The Kier molecular flexibility index (Phi) is 7.34. The zero-order valence-corrected chi connectivity index (χ0v) is 14.6. The van der Waals surface area contributed by atoms with Crippen LogP contribution in [-0.2, 0) is 0 Å². The highest BCUT2D eigenvalue weighted by atomic mass is 32.2. The summed E-state index contributed by atoms with van der Waals surface area (Å²) in [6.07, 6.45) is 13.6. The van der Waals surface area contributed by atoms with Crippen molar-refractivity contribution in [1.82, 2.24) is 0 Å². The number of hydrogen-bond donors (Lipinski definition) is 1. The van der Waals surface area contributed by atoms with Gasteiger partial charge in [0, 0.05) is 10.5 Å².